The van der Waals surface area contributed by atoms with E-state index in [9.17, 15) is 0 Å². The van der Waals surface area contributed by atoms with Gasteiger partial charge in [-0.05, 0) is 12.1 Å². The van der Waals surface area contributed by atoms with Gasteiger partial charge in [0.25, 0.3) is 0 Å². The summed E-state index contributed by atoms with van der Waals surface area (Å²) >= 11 is 0. The van der Waals surface area contributed by atoms with E-state index in [1.165, 1.54) is 0 Å². The van der Waals surface area contributed by atoms with E-state index in [-0.39, 0.29) is 12.4 Å². The molecule has 0 radical (unpaired) electrons. The first-order chi connectivity index (χ1) is 5.79. The molecule has 0 spiro atoms. The van der Waals surface area contributed by atoms with Crippen LogP contribution in [0, 0.1) is 0 Å². The van der Waals surface area contributed by atoms with Crippen molar-refractivity contribution in [2.45, 2.75) is 0 Å². The Labute approximate surface area is 82.9 Å². The van der Waals surface area contributed by atoms with Gasteiger partial charge in [0.05, 0.1) is 0 Å². The largest absolute Gasteiger partial charge is 0.398 e. The second kappa shape index (κ2) is 3.54. The normalized spacial score (nSPS) is 9.54. The molecule has 0 atom stereocenters. The average molecular weight is 195 g/mol. The van der Waals surface area contributed by atoms with E-state index in [0.717, 1.165) is 22.1 Å². The highest BCUT2D eigenvalue weighted by atomic mass is 35.5. The highest BCUT2D eigenvalue weighted by Gasteiger charge is 1.98. The first-order valence-electron chi connectivity index (χ1n) is 3.82. The molecule has 0 aliphatic rings. The van der Waals surface area contributed by atoms with Crippen molar-refractivity contribution in [1.82, 2.24) is 0 Å². The molecular weight excluding hydrogens is 184 g/mol. The zero-order valence-electron chi connectivity index (χ0n) is 7.03. The number of hydrogen-bond donors (Lipinski definition) is 2. The van der Waals surface area contributed by atoms with Crippen molar-refractivity contribution in [3.8, 4) is 0 Å². The smallest absolute Gasteiger partial charge is 0.0394 e. The summed E-state index contributed by atoms with van der Waals surface area (Å²) in [6.45, 7) is 0. The van der Waals surface area contributed by atoms with Crippen molar-refractivity contribution < 1.29 is 0 Å². The summed E-state index contributed by atoms with van der Waals surface area (Å²) in [5, 5.41) is 2.05. The van der Waals surface area contributed by atoms with Gasteiger partial charge in [-0.3, -0.25) is 0 Å². The van der Waals surface area contributed by atoms with E-state index in [2.05, 4.69) is 0 Å². The fraction of sp³-hybridized carbons (Fsp3) is 0. The lowest BCUT2D eigenvalue weighted by atomic mass is 10.1. The SMILES string of the molecule is Cl.Nc1cccc2c(N)cccc12. The zero-order chi connectivity index (χ0) is 8.55. The molecule has 0 saturated carbocycles. The van der Waals surface area contributed by atoms with Crippen LogP contribution in [0.4, 0.5) is 11.4 Å². The second-order valence-corrected chi connectivity index (χ2v) is 2.79. The molecule has 0 heterocycles. The Morgan fingerprint density at radius 1 is 0.692 bits per heavy atom. The van der Waals surface area contributed by atoms with Gasteiger partial charge in [0, 0.05) is 22.1 Å². The van der Waals surface area contributed by atoms with E-state index in [1.54, 1.807) is 0 Å². The lowest BCUT2D eigenvalue weighted by Crippen LogP contribution is -1.90. The van der Waals surface area contributed by atoms with Gasteiger partial charge in [0.2, 0.25) is 0 Å². The molecule has 0 aliphatic heterocycles. The number of rotatable bonds is 0. The monoisotopic (exact) mass is 194 g/mol. The maximum atomic E-state index is 5.77. The summed E-state index contributed by atoms with van der Waals surface area (Å²) in [4.78, 5) is 0. The Morgan fingerprint density at radius 2 is 1.08 bits per heavy atom. The number of anilines is 2. The third-order valence-electron chi connectivity index (χ3n) is 1.99. The van der Waals surface area contributed by atoms with Crippen LogP contribution in [0.3, 0.4) is 0 Å². The first-order valence-corrected chi connectivity index (χ1v) is 3.82. The minimum Gasteiger partial charge on any atom is -0.398 e. The van der Waals surface area contributed by atoms with Crippen molar-refractivity contribution in [2.75, 3.05) is 11.5 Å². The summed E-state index contributed by atoms with van der Waals surface area (Å²) in [6, 6.07) is 11.5. The highest BCUT2D eigenvalue weighted by Crippen LogP contribution is 2.24. The Balaban J connectivity index is 0.000000845. The molecule has 0 unspecified atom stereocenters. The van der Waals surface area contributed by atoms with E-state index in [4.69, 9.17) is 11.5 Å². The standard InChI is InChI=1S/C10H10N2.ClH/c11-9-5-1-3-7-8(9)4-2-6-10(7)12;/h1-6H,11-12H2;1H. The minimum atomic E-state index is 0. The number of fused-ring (bicyclic) bond motifs is 1. The van der Waals surface area contributed by atoms with Crippen LogP contribution >= 0.6 is 12.4 Å². The molecule has 13 heavy (non-hydrogen) atoms. The maximum absolute atomic E-state index is 5.77. The predicted molar refractivity (Wildman–Crippen MR) is 60.0 cm³/mol. The molecular formula is C10H11ClN2. The predicted octanol–water partition coefficient (Wildman–Crippen LogP) is 2.43. The molecule has 68 valence electrons. The van der Waals surface area contributed by atoms with Crippen molar-refractivity contribution in [1.29, 1.82) is 0 Å². The van der Waals surface area contributed by atoms with E-state index in [0.29, 0.717) is 0 Å². The number of nitrogen functional groups attached to an aromatic ring is 2. The zero-order valence-corrected chi connectivity index (χ0v) is 7.84. The van der Waals surface area contributed by atoms with Crippen LogP contribution in [0.5, 0.6) is 0 Å². The number of benzene rings is 2. The van der Waals surface area contributed by atoms with Crippen LogP contribution in [0.1, 0.15) is 0 Å². The molecule has 0 saturated heterocycles. The second-order valence-electron chi connectivity index (χ2n) is 2.79. The third kappa shape index (κ3) is 1.53. The topological polar surface area (TPSA) is 52.0 Å². The Bertz CT molecular complexity index is 385. The Morgan fingerprint density at radius 3 is 1.46 bits per heavy atom. The van der Waals surface area contributed by atoms with E-state index < -0.39 is 0 Å². The van der Waals surface area contributed by atoms with Gasteiger partial charge in [-0.15, -0.1) is 12.4 Å². The average Bonchev–Trinajstić information content (AvgIpc) is 2.07. The quantitative estimate of drug-likeness (QED) is 0.633. The lowest BCUT2D eigenvalue weighted by Gasteiger charge is -2.03. The highest BCUT2D eigenvalue weighted by molar-refractivity contribution is 5.99. The van der Waals surface area contributed by atoms with Crippen LogP contribution in [-0.2, 0) is 0 Å². The van der Waals surface area contributed by atoms with Gasteiger partial charge < -0.3 is 11.5 Å². The fourth-order valence-corrected chi connectivity index (χ4v) is 1.36. The molecule has 0 aromatic heterocycles. The molecule has 2 aromatic rings. The molecule has 0 aliphatic carbocycles. The van der Waals surface area contributed by atoms with Crippen LogP contribution in [-0.4, -0.2) is 0 Å². The summed E-state index contributed by atoms with van der Waals surface area (Å²) in [7, 11) is 0. The summed E-state index contributed by atoms with van der Waals surface area (Å²) in [5.74, 6) is 0. The minimum absolute atomic E-state index is 0. The molecule has 3 heteroatoms. The Kier molecular flexibility index (Phi) is 2.63. The molecule has 0 bridgehead atoms. The van der Waals surface area contributed by atoms with Crippen LogP contribution < -0.4 is 11.5 Å². The Hall–Kier alpha value is -1.41. The van der Waals surface area contributed by atoms with Crippen molar-refractivity contribution >= 4 is 34.6 Å². The summed E-state index contributed by atoms with van der Waals surface area (Å²) in [5.41, 5.74) is 13.1. The van der Waals surface area contributed by atoms with Gasteiger partial charge in [-0.2, -0.15) is 0 Å². The van der Waals surface area contributed by atoms with Gasteiger partial charge in [-0.25, -0.2) is 0 Å². The van der Waals surface area contributed by atoms with Crippen LogP contribution in [0.15, 0.2) is 36.4 Å². The van der Waals surface area contributed by atoms with E-state index >= 15 is 0 Å². The summed E-state index contributed by atoms with van der Waals surface area (Å²) < 4.78 is 0. The molecule has 0 amide bonds. The van der Waals surface area contributed by atoms with Crippen LogP contribution in [0.2, 0.25) is 0 Å². The van der Waals surface area contributed by atoms with Crippen molar-refractivity contribution in [3.05, 3.63) is 36.4 Å². The molecule has 2 nitrogen and oxygen atoms in total. The summed E-state index contributed by atoms with van der Waals surface area (Å²) in [6.07, 6.45) is 0. The molecule has 2 aromatic carbocycles. The van der Waals surface area contributed by atoms with Crippen molar-refractivity contribution in [2.24, 2.45) is 0 Å². The third-order valence-corrected chi connectivity index (χ3v) is 1.99. The van der Waals surface area contributed by atoms with Gasteiger partial charge in [0.15, 0.2) is 0 Å². The molecule has 0 fully saturated rings. The van der Waals surface area contributed by atoms with E-state index in [1.807, 2.05) is 36.4 Å². The van der Waals surface area contributed by atoms with Gasteiger partial charge in [0.1, 0.15) is 0 Å². The van der Waals surface area contributed by atoms with Gasteiger partial charge >= 0.3 is 0 Å². The number of halogens is 1. The molecule has 2 rings (SSSR count). The van der Waals surface area contributed by atoms with Gasteiger partial charge in [-0.1, -0.05) is 24.3 Å². The first kappa shape index (κ1) is 9.68. The lowest BCUT2D eigenvalue weighted by molar-refractivity contribution is 1.71. The number of nitrogens with two attached hydrogens (primary N) is 2. The van der Waals surface area contributed by atoms with Crippen LogP contribution in [0.25, 0.3) is 10.8 Å². The van der Waals surface area contributed by atoms with Crippen molar-refractivity contribution in [3.63, 3.8) is 0 Å². The number of hydrogen-bond acceptors (Lipinski definition) is 2. The fourth-order valence-electron chi connectivity index (χ4n) is 1.36. The maximum Gasteiger partial charge on any atom is 0.0394 e. The molecule has 4 N–H and O–H groups in total.